The van der Waals surface area contributed by atoms with Crippen LogP contribution in [0.5, 0.6) is 11.5 Å². The highest BCUT2D eigenvalue weighted by Crippen LogP contribution is 2.33. The van der Waals surface area contributed by atoms with Gasteiger partial charge in [-0.05, 0) is 54.7 Å². The number of sulfonamides is 1. The van der Waals surface area contributed by atoms with E-state index in [0.29, 0.717) is 54.3 Å². The Bertz CT molecular complexity index is 1080. The van der Waals surface area contributed by atoms with Gasteiger partial charge in [0, 0.05) is 24.3 Å². The van der Waals surface area contributed by atoms with E-state index in [1.54, 1.807) is 24.3 Å². The predicted molar refractivity (Wildman–Crippen MR) is 120 cm³/mol. The molecule has 0 radical (unpaired) electrons. The monoisotopic (exact) mass is 462 g/mol. The van der Waals surface area contributed by atoms with Gasteiger partial charge in [0.2, 0.25) is 16.8 Å². The summed E-state index contributed by atoms with van der Waals surface area (Å²) in [6.45, 7) is 5.71. The van der Waals surface area contributed by atoms with Crippen LogP contribution in [0, 0.1) is 0 Å². The van der Waals surface area contributed by atoms with Gasteiger partial charge in [0.25, 0.3) is 0 Å². The van der Waals surface area contributed by atoms with Crippen molar-refractivity contribution in [2.45, 2.75) is 4.90 Å². The van der Waals surface area contributed by atoms with E-state index >= 15 is 0 Å². The molecule has 0 spiro atoms. The van der Waals surface area contributed by atoms with Crippen LogP contribution in [0.3, 0.4) is 0 Å². The highest BCUT2D eigenvalue weighted by atomic mass is 32.2. The third kappa shape index (κ3) is 4.90. The van der Waals surface area contributed by atoms with Crippen LogP contribution >= 0.6 is 12.2 Å². The second-order valence-corrected chi connectivity index (χ2v) is 9.14. The average Bonchev–Trinajstić information content (AvgIpc) is 3.26. The smallest absolute Gasteiger partial charge is 0.243 e. The number of thiocarbonyl (C=S) groups is 1. The van der Waals surface area contributed by atoms with Crippen molar-refractivity contribution in [2.24, 2.45) is 0 Å². The minimum Gasteiger partial charge on any atom is -0.454 e. The van der Waals surface area contributed by atoms with Crippen LogP contribution < -0.4 is 25.6 Å². The third-order valence-electron chi connectivity index (χ3n) is 4.77. The average molecular weight is 463 g/mol. The van der Waals surface area contributed by atoms with Gasteiger partial charge in [-0.25, -0.2) is 8.42 Å². The van der Waals surface area contributed by atoms with Crippen molar-refractivity contribution >= 4 is 38.7 Å². The first-order chi connectivity index (χ1) is 14.9. The van der Waals surface area contributed by atoms with Crippen molar-refractivity contribution in [1.29, 1.82) is 0 Å². The topological polar surface area (TPSA) is 101 Å². The van der Waals surface area contributed by atoms with Crippen LogP contribution in [-0.4, -0.2) is 50.9 Å². The van der Waals surface area contributed by atoms with E-state index in [0.717, 1.165) is 5.56 Å². The van der Waals surface area contributed by atoms with Crippen LogP contribution in [0.15, 0.2) is 53.9 Å². The molecule has 31 heavy (non-hydrogen) atoms. The van der Waals surface area contributed by atoms with Gasteiger partial charge in [-0.1, -0.05) is 6.58 Å². The molecule has 2 aliphatic rings. The van der Waals surface area contributed by atoms with E-state index < -0.39 is 10.0 Å². The molecule has 0 aliphatic carbocycles. The molecule has 2 aromatic rings. The van der Waals surface area contributed by atoms with E-state index in [1.165, 1.54) is 4.31 Å². The Morgan fingerprint density at radius 2 is 1.71 bits per heavy atom. The van der Waals surface area contributed by atoms with E-state index in [-0.39, 0.29) is 11.7 Å². The summed E-state index contributed by atoms with van der Waals surface area (Å²) in [5.74, 6) is 1.36. The summed E-state index contributed by atoms with van der Waals surface area (Å²) in [5.41, 5.74) is 7.84. The number of morpholine rings is 1. The summed E-state index contributed by atoms with van der Waals surface area (Å²) < 4.78 is 42.7. The molecule has 0 atom stereocenters. The number of hydrogen-bond donors (Lipinski definition) is 3. The lowest BCUT2D eigenvalue weighted by atomic mass is 10.1. The van der Waals surface area contributed by atoms with Crippen molar-refractivity contribution in [3.8, 4) is 11.5 Å². The molecule has 2 aromatic carbocycles. The fourth-order valence-corrected chi connectivity index (χ4v) is 4.67. The highest BCUT2D eigenvalue weighted by Gasteiger charge is 2.26. The van der Waals surface area contributed by atoms with Gasteiger partial charge in [-0.3, -0.25) is 10.9 Å². The highest BCUT2D eigenvalue weighted by molar-refractivity contribution is 7.89. The Labute approximate surface area is 186 Å². The maximum absolute atomic E-state index is 12.7. The molecule has 0 amide bonds. The third-order valence-corrected chi connectivity index (χ3v) is 6.88. The number of nitrogens with one attached hydrogen (secondary N) is 3. The van der Waals surface area contributed by atoms with Crippen LogP contribution in [0.2, 0.25) is 0 Å². The molecule has 1 saturated heterocycles. The number of fused-ring (bicyclic) bond motifs is 1. The molecule has 0 saturated carbocycles. The van der Waals surface area contributed by atoms with E-state index in [9.17, 15) is 8.42 Å². The Balaban J connectivity index is 1.31. The molecular weight excluding hydrogens is 440 g/mol. The van der Waals surface area contributed by atoms with Crippen LogP contribution in [0.1, 0.15) is 5.56 Å². The Morgan fingerprint density at radius 3 is 2.45 bits per heavy atom. The van der Waals surface area contributed by atoms with Gasteiger partial charge in [0.05, 0.1) is 23.8 Å². The fraction of sp³-hybridized carbons (Fsp3) is 0.250. The van der Waals surface area contributed by atoms with E-state index in [1.807, 2.05) is 18.2 Å². The van der Waals surface area contributed by atoms with Gasteiger partial charge in [-0.15, -0.1) is 0 Å². The molecule has 0 aromatic heterocycles. The Morgan fingerprint density at radius 1 is 1.00 bits per heavy atom. The quantitative estimate of drug-likeness (QED) is 0.439. The number of nitrogens with zero attached hydrogens (tertiary/aromatic N) is 1. The molecule has 11 heteroatoms. The standard InChI is InChI=1S/C20H22N4O5S2/c1-14(15-2-7-18-19(12-15)29-13-28-18)22-23-20(30)21-16-3-5-17(6-4-16)31(25,26)24-8-10-27-11-9-24/h2-7,12,22H,1,8-11,13H2,(H2,21,23,30). The molecule has 164 valence electrons. The molecule has 4 rings (SSSR count). The minimum atomic E-state index is -3.53. The van der Waals surface area contributed by atoms with Gasteiger partial charge in [-0.2, -0.15) is 4.31 Å². The van der Waals surface area contributed by atoms with Crippen LogP contribution in [0.25, 0.3) is 5.70 Å². The van der Waals surface area contributed by atoms with E-state index in [2.05, 4.69) is 22.7 Å². The van der Waals surface area contributed by atoms with Crippen molar-refractivity contribution in [1.82, 2.24) is 15.2 Å². The Kier molecular flexibility index (Phi) is 6.28. The molecule has 3 N–H and O–H groups in total. The van der Waals surface area contributed by atoms with E-state index in [4.69, 9.17) is 26.4 Å². The number of benzene rings is 2. The Hall–Kier alpha value is -2.86. The van der Waals surface area contributed by atoms with Crippen molar-refractivity contribution < 1.29 is 22.6 Å². The van der Waals surface area contributed by atoms with Gasteiger partial charge in [0.1, 0.15) is 0 Å². The zero-order chi connectivity index (χ0) is 21.8. The zero-order valence-electron chi connectivity index (χ0n) is 16.6. The first-order valence-electron chi connectivity index (χ1n) is 9.53. The molecule has 0 unspecified atom stereocenters. The maximum Gasteiger partial charge on any atom is 0.243 e. The van der Waals surface area contributed by atoms with Crippen LogP contribution in [-0.2, 0) is 14.8 Å². The number of anilines is 1. The fourth-order valence-electron chi connectivity index (χ4n) is 3.10. The zero-order valence-corrected chi connectivity index (χ0v) is 18.2. The molecule has 9 nitrogen and oxygen atoms in total. The summed E-state index contributed by atoms with van der Waals surface area (Å²) >= 11 is 5.28. The molecule has 0 bridgehead atoms. The summed E-state index contributed by atoms with van der Waals surface area (Å²) in [6, 6.07) is 11.9. The molecular formula is C20H22N4O5S2. The van der Waals surface area contributed by atoms with Gasteiger partial charge in [0.15, 0.2) is 16.6 Å². The molecule has 1 fully saturated rings. The summed E-state index contributed by atoms with van der Waals surface area (Å²) in [6.07, 6.45) is 0. The van der Waals surface area contributed by atoms with Crippen molar-refractivity contribution in [3.63, 3.8) is 0 Å². The number of rotatable bonds is 6. The summed E-state index contributed by atoms with van der Waals surface area (Å²) in [7, 11) is -3.53. The summed E-state index contributed by atoms with van der Waals surface area (Å²) in [5, 5.41) is 3.29. The first kappa shape index (κ1) is 21.4. The summed E-state index contributed by atoms with van der Waals surface area (Å²) in [4.78, 5) is 0.230. The lowest BCUT2D eigenvalue weighted by Gasteiger charge is -2.26. The van der Waals surface area contributed by atoms with Crippen LogP contribution in [0.4, 0.5) is 5.69 Å². The predicted octanol–water partition coefficient (Wildman–Crippen LogP) is 1.90. The lowest BCUT2D eigenvalue weighted by Crippen LogP contribution is -2.40. The largest absolute Gasteiger partial charge is 0.454 e. The van der Waals surface area contributed by atoms with Gasteiger partial charge < -0.3 is 19.5 Å². The minimum absolute atomic E-state index is 0.206. The SMILES string of the molecule is C=C(NNC(=S)Nc1ccc(S(=O)(=O)N2CCOCC2)cc1)c1ccc2c(c1)OCO2. The van der Waals surface area contributed by atoms with Crippen molar-refractivity contribution in [3.05, 3.63) is 54.6 Å². The lowest BCUT2D eigenvalue weighted by molar-refractivity contribution is 0.0730. The normalized spacial score (nSPS) is 15.9. The molecule has 2 heterocycles. The number of hydrogen-bond acceptors (Lipinski definition) is 7. The second kappa shape index (κ2) is 9.10. The first-order valence-corrected chi connectivity index (χ1v) is 11.4. The van der Waals surface area contributed by atoms with Crippen molar-refractivity contribution in [2.75, 3.05) is 38.4 Å². The second-order valence-electron chi connectivity index (χ2n) is 6.79. The number of hydrazine groups is 1. The molecule has 2 aliphatic heterocycles. The number of ether oxygens (including phenoxy) is 3. The van der Waals surface area contributed by atoms with Gasteiger partial charge >= 0.3 is 0 Å². The maximum atomic E-state index is 12.7.